The van der Waals surface area contributed by atoms with E-state index in [1.165, 1.54) is 0 Å². The van der Waals surface area contributed by atoms with Crippen molar-refractivity contribution >= 4 is 34.8 Å². The van der Waals surface area contributed by atoms with Crippen LogP contribution in [0.4, 0.5) is 11.6 Å². The maximum atomic E-state index is 6.56. The molecule has 1 aliphatic carbocycles. The molecular formula is C26H37Cl2N5O2. The second kappa shape index (κ2) is 13.1. The molecule has 1 saturated heterocycles. The van der Waals surface area contributed by atoms with Crippen molar-refractivity contribution in [3.63, 3.8) is 0 Å². The molecule has 4 rings (SSSR count). The third kappa shape index (κ3) is 7.43. The average Bonchev–Trinajstić information content (AvgIpc) is 2.89. The highest BCUT2D eigenvalue weighted by atomic mass is 35.5. The Balaban J connectivity index is 1.39. The van der Waals surface area contributed by atoms with Gasteiger partial charge in [-0.3, -0.25) is 0 Å². The van der Waals surface area contributed by atoms with Gasteiger partial charge in [-0.1, -0.05) is 23.2 Å². The quantitative estimate of drug-likeness (QED) is 0.422. The van der Waals surface area contributed by atoms with Gasteiger partial charge in [-0.25, -0.2) is 9.97 Å². The van der Waals surface area contributed by atoms with Crippen molar-refractivity contribution in [2.24, 2.45) is 5.92 Å². The van der Waals surface area contributed by atoms with Crippen molar-refractivity contribution < 1.29 is 9.47 Å². The highest BCUT2D eigenvalue weighted by molar-refractivity contribution is 6.36. The van der Waals surface area contributed by atoms with E-state index in [0.29, 0.717) is 33.7 Å². The Morgan fingerprint density at radius 2 is 1.83 bits per heavy atom. The predicted molar refractivity (Wildman–Crippen MR) is 144 cm³/mol. The standard InChI is InChI=1S/C26H37Cl2N5O2/c1-33(11-14-34-2)20-5-3-19(4-6-20)31-25-15-21(23(28)17-30-25)26-22(27)7-8-24(32-26)29-16-18-9-12-35-13-10-18/h7-8,15,17-20H,3-6,9-14,16H2,1-2H3,(H,29,32)(H,30,31)/t19-,20-. The third-order valence-electron chi connectivity index (χ3n) is 7.19. The largest absolute Gasteiger partial charge is 0.383 e. The van der Waals surface area contributed by atoms with Crippen molar-refractivity contribution in [3.8, 4) is 11.3 Å². The van der Waals surface area contributed by atoms with Gasteiger partial charge in [0, 0.05) is 57.3 Å². The highest BCUT2D eigenvalue weighted by Crippen LogP contribution is 2.34. The topological polar surface area (TPSA) is 71.5 Å². The van der Waals surface area contributed by atoms with Crippen LogP contribution in [0.3, 0.4) is 0 Å². The summed E-state index contributed by atoms with van der Waals surface area (Å²) in [4.78, 5) is 11.7. The number of anilines is 2. The molecular weight excluding hydrogens is 485 g/mol. The monoisotopic (exact) mass is 521 g/mol. The molecule has 3 heterocycles. The molecule has 1 aliphatic heterocycles. The lowest BCUT2D eigenvalue weighted by atomic mass is 9.90. The van der Waals surface area contributed by atoms with E-state index in [4.69, 9.17) is 37.7 Å². The first kappa shape index (κ1) is 26.4. The van der Waals surface area contributed by atoms with Gasteiger partial charge in [-0.05, 0) is 69.7 Å². The zero-order valence-corrected chi connectivity index (χ0v) is 22.2. The molecule has 0 amide bonds. The Hall–Kier alpha value is -1.64. The highest BCUT2D eigenvalue weighted by Gasteiger charge is 2.24. The number of pyridine rings is 2. The van der Waals surface area contributed by atoms with Gasteiger partial charge in [0.25, 0.3) is 0 Å². The van der Waals surface area contributed by atoms with Gasteiger partial charge in [-0.2, -0.15) is 0 Å². The summed E-state index contributed by atoms with van der Waals surface area (Å²) in [6.07, 6.45) is 8.36. The Morgan fingerprint density at radius 1 is 1.06 bits per heavy atom. The lowest BCUT2D eigenvalue weighted by molar-refractivity contribution is 0.0699. The number of likely N-dealkylation sites (N-methyl/N-ethyl adjacent to an activating group) is 1. The van der Waals surface area contributed by atoms with Crippen molar-refractivity contribution in [2.75, 3.05) is 57.7 Å². The Labute approximate surface area is 218 Å². The molecule has 2 fully saturated rings. The summed E-state index contributed by atoms with van der Waals surface area (Å²) < 4.78 is 10.7. The van der Waals surface area contributed by atoms with Crippen LogP contribution < -0.4 is 10.6 Å². The van der Waals surface area contributed by atoms with E-state index in [0.717, 1.165) is 88.6 Å². The van der Waals surface area contributed by atoms with E-state index in [1.54, 1.807) is 13.3 Å². The summed E-state index contributed by atoms with van der Waals surface area (Å²) in [6.45, 7) is 4.28. The van der Waals surface area contributed by atoms with Crippen molar-refractivity contribution in [1.82, 2.24) is 14.9 Å². The fourth-order valence-corrected chi connectivity index (χ4v) is 5.32. The van der Waals surface area contributed by atoms with Crippen LogP contribution in [0.25, 0.3) is 11.3 Å². The summed E-state index contributed by atoms with van der Waals surface area (Å²) >= 11 is 13.1. The number of hydrogen-bond acceptors (Lipinski definition) is 7. The van der Waals surface area contributed by atoms with Crippen LogP contribution in [-0.2, 0) is 9.47 Å². The summed E-state index contributed by atoms with van der Waals surface area (Å²) in [7, 11) is 3.94. The number of methoxy groups -OCH3 is 1. The average molecular weight is 523 g/mol. The maximum Gasteiger partial charge on any atom is 0.126 e. The van der Waals surface area contributed by atoms with Crippen molar-refractivity contribution in [1.29, 1.82) is 0 Å². The molecule has 2 aromatic heterocycles. The van der Waals surface area contributed by atoms with Crippen LogP contribution >= 0.6 is 23.2 Å². The summed E-state index contributed by atoms with van der Waals surface area (Å²) in [5.41, 5.74) is 1.46. The molecule has 0 bridgehead atoms. The Bertz CT molecular complexity index is 949. The van der Waals surface area contributed by atoms with E-state index < -0.39 is 0 Å². The van der Waals surface area contributed by atoms with E-state index in [9.17, 15) is 0 Å². The molecule has 35 heavy (non-hydrogen) atoms. The zero-order chi connectivity index (χ0) is 24.6. The molecule has 0 spiro atoms. The van der Waals surface area contributed by atoms with Crippen molar-refractivity contribution in [2.45, 2.75) is 50.6 Å². The van der Waals surface area contributed by atoms with Gasteiger partial charge in [-0.15, -0.1) is 0 Å². The smallest absolute Gasteiger partial charge is 0.126 e. The minimum atomic E-state index is 0.388. The van der Waals surface area contributed by atoms with Crippen LogP contribution in [0.1, 0.15) is 38.5 Å². The van der Waals surface area contributed by atoms with Crippen LogP contribution in [-0.4, -0.2) is 74.0 Å². The Kier molecular flexibility index (Phi) is 9.86. The Morgan fingerprint density at radius 3 is 2.57 bits per heavy atom. The number of nitrogens with one attached hydrogen (secondary N) is 2. The molecule has 0 aromatic carbocycles. The zero-order valence-electron chi connectivity index (χ0n) is 20.7. The summed E-state index contributed by atoms with van der Waals surface area (Å²) in [5, 5.41) is 8.18. The van der Waals surface area contributed by atoms with Crippen LogP contribution in [0.2, 0.25) is 10.0 Å². The van der Waals surface area contributed by atoms with E-state index in [2.05, 4.69) is 27.6 Å². The van der Waals surface area contributed by atoms with Gasteiger partial charge >= 0.3 is 0 Å². The molecule has 0 unspecified atom stereocenters. The van der Waals surface area contributed by atoms with Gasteiger partial charge in [0.1, 0.15) is 11.6 Å². The SMILES string of the molecule is COCCN(C)[C@H]1CC[C@H](Nc2cc(-c3nc(NCC4CCOCC4)ccc3Cl)c(Cl)cn2)CC1. The molecule has 9 heteroatoms. The molecule has 192 valence electrons. The number of ether oxygens (including phenoxy) is 2. The van der Waals surface area contributed by atoms with Crippen LogP contribution in [0.15, 0.2) is 24.4 Å². The van der Waals surface area contributed by atoms with E-state index >= 15 is 0 Å². The number of rotatable bonds is 10. The fourth-order valence-electron chi connectivity index (χ4n) is 4.92. The molecule has 2 aromatic rings. The number of halogens is 2. The van der Waals surface area contributed by atoms with Gasteiger partial charge in [0.05, 0.1) is 22.3 Å². The molecule has 7 nitrogen and oxygen atoms in total. The lowest BCUT2D eigenvalue weighted by Gasteiger charge is -2.35. The normalized spacial score (nSPS) is 21.3. The maximum absolute atomic E-state index is 6.56. The molecule has 0 atom stereocenters. The molecule has 2 aliphatic rings. The minimum absolute atomic E-state index is 0.388. The second-order valence-electron chi connectivity index (χ2n) is 9.64. The van der Waals surface area contributed by atoms with Crippen molar-refractivity contribution in [3.05, 3.63) is 34.4 Å². The summed E-state index contributed by atoms with van der Waals surface area (Å²) in [6, 6.07) is 6.76. The lowest BCUT2D eigenvalue weighted by Crippen LogP contribution is -2.39. The number of nitrogens with zero attached hydrogens (tertiary/aromatic N) is 3. The fraction of sp³-hybridized carbons (Fsp3) is 0.615. The molecule has 1 saturated carbocycles. The van der Waals surface area contributed by atoms with Crippen LogP contribution in [0, 0.1) is 5.92 Å². The molecule has 2 N–H and O–H groups in total. The van der Waals surface area contributed by atoms with Gasteiger partial charge < -0.3 is 25.0 Å². The first-order chi connectivity index (χ1) is 17.0. The first-order valence-electron chi connectivity index (χ1n) is 12.6. The second-order valence-corrected chi connectivity index (χ2v) is 10.5. The van der Waals surface area contributed by atoms with E-state index in [1.807, 2.05) is 18.2 Å². The van der Waals surface area contributed by atoms with Gasteiger partial charge in [0.15, 0.2) is 0 Å². The number of aromatic nitrogens is 2. The minimum Gasteiger partial charge on any atom is -0.383 e. The molecule has 0 radical (unpaired) electrons. The summed E-state index contributed by atoms with van der Waals surface area (Å²) in [5.74, 6) is 2.20. The van der Waals surface area contributed by atoms with E-state index in [-0.39, 0.29) is 0 Å². The predicted octanol–water partition coefficient (Wildman–Crippen LogP) is 5.59. The third-order valence-corrected chi connectivity index (χ3v) is 7.80. The van der Waals surface area contributed by atoms with Crippen LogP contribution in [0.5, 0.6) is 0 Å². The first-order valence-corrected chi connectivity index (χ1v) is 13.4. The number of hydrogen-bond donors (Lipinski definition) is 2. The van der Waals surface area contributed by atoms with Gasteiger partial charge in [0.2, 0.25) is 0 Å².